The number of morpholine rings is 1. The number of ether oxygens (including phenoxy) is 1. The first-order valence-corrected chi connectivity index (χ1v) is 48.2. The number of benzene rings is 8. The van der Waals surface area contributed by atoms with Crippen LogP contribution in [-0.4, -0.2) is 116 Å². The van der Waals surface area contributed by atoms with Crippen LogP contribution in [0.3, 0.4) is 0 Å². The van der Waals surface area contributed by atoms with E-state index in [0.29, 0.717) is 62.3 Å². The molecule has 2 aliphatic heterocycles. The molecule has 8 aromatic rings. The summed E-state index contributed by atoms with van der Waals surface area (Å²) in [5, 5.41) is 6.38. The third kappa shape index (κ3) is 24.0. The summed E-state index contributed by atoms with van der Waals surface area (Å²) in [7, 11) is 1.89. The molecule has 0 spiro atoms. The van der Waals surface area contributed by atoms with Gasteiger partial charge in [-0.3, -0.25) is 53.5 Å². The number of Topliss-reactive ketones (excluding diaryl/α,β-unsaturated/α-hetero) is 8. The molecule has 8 unspecified atom stereocenters. The van der Waals surface area contributed by atoms with Crippen LogP contribution in [0.2, 0.25) is 0 Å². The van der Waals surface area contributed by atoms with Gasteiger partial charge in [0.1, 0.15) is 51.0 Å². The van der Waals surface area contributed by atoms with Crippen LogP contribution in [-0.2, 0) is 87.4 Å². The molecule has 10 aliphatic rings. The Bertz CT molecular complexity index is 4910. The second kappa shape index (κ2) is 47.2. The molecule has 8 aromatic carbocycles. The van der Waals surface area contributed by atoms with Gasteiger partial charge in [-0.15, -0.1) is 0 Å². The molecule has 18 heteroatoms. The van der Waals surface area contributed by atoms with E-state index in [-0.39, 0.29) is 46.5 Å². The molecule has 0 radical (unpaired) electrons. The molecular formula is C111H145FN8O9. The van der Waals surface area contributed by atoms with Gasteiger partial charge in [-0.2, -0.15) is 0 Å². The van der Waals surface area contributed by atoms with Crippen LogP contribution in [0.15, 0.2) is 212 Å². The number of halogens is 1. The van der Waals surface area contributed by atoms with Crippen LogP contribution in [0.25, 0.3) is 0 Å². The minimum absolute atomic E-state index is 0.192. The summed E-state index contributed by atoms with van der Waals surface area (Å²) in [5.74, 6) is 2.15. The normalized spacial score (nSPS) is 27.2. The van der Waals surface area contributed by atoms with E-state index in [2.05, 4.69) is 88.0 Å². The molecular weight excluding hydrogens is 1610 g/mol. The van der Waals surface area contributed by atoms with Gasteiger partial charge in [0.2, 0.25) is 0 Å². The number of carbonyl (C=O) groups is 8. The van der Waals surface area contributed by atoms with Crippen molar-refractivity contribution in [2.24, 2.45) is 22.9 Å². The standard InChI is InChI=1S/C16H21NO2.C15H19NO.C14H18FNO.C14H19NO.4C13H17NO/c18-15-8-4-5-9-16(15,14-6-2-1-3-7-14)17-10-12-19-13-11-17;17-14-9-4-5-10-15(14,16-11-6-12-16)13-7-2-1-3-8-13;15-10-11-16-14(9-5-4-8-13(14)17)12-6-2-1-3-7-12;1-11-6-8-12(9-7-11)14(15-2)10-4-3-5-13(14)16;1-10-5-4-6-11(9-10)13(14)8-3-2-7-12(13)15;1-10-6-2-3-7-11(10)13(14)9-5-4-8-12(13)15;2*1-10-5-7-11(8-6-10)13(14)9-3-2-4-12(13)15/h1-3,6-7H,4-5,8-13H2;1-3,7-8H,4-6,9-12H2;1-3,6-7,16H,4-5,8-11H2;6-9,15H,3-5,10H2,1-2H3;4-6,9H,2-3,7-8,14H2,1H3;2-3,6-7H,4-5,8-9,14H2,1H3;2*5-8H,2-4,9,14H2,1H3. The van der Waals surface area contributed by atoms with Gasteiger partial charge < -0.3 is 33.0 Å². The van der Waals surface area contributed by atoms with Crippen molar-refractivity contribution in [2.45, 2.75) is 291 Å². The molecule has 2 heterocycles. The summed E-state index contributed by atoms with van der Waals surface area (Å²) in [6, 6.07) is 70.7. The first kappa shape index (κ1) is 100. The van der Waals surface area contributed by atoms with Gasteiger partial charge in [-0.1, -0.05) is 286 Å². The summed E-state index contributed by atoms with van der Waals surface area (Å²) in [6.45, 7) is 15.4. The maximum absolute atomic E-state index is 12.7. The predicted octanol–water partition coefficient (Wildman–Crippen LogP) is 19.4. The average Bonchev–Trinajstić information content (AvgIpc) is 0.755. The maximum atomic E-state index is 12.7. The van der Waals surface area contributed by atoms with Crippen molar-refractivity contribution in [3.05, 3.63) is 285 Å². The van der Waals surface area contributed by atoms with Crippen molar-refractivity contribution < 1.29 is 47.5 Å². The lowest BCUT2D eigenvalue weighted by Gasteiger charge is -2.50. The second-order valence-electron chi connectivity index (χ2n) is 37.6. The largest absolute Gasteiger partial charge is 0.379 e. The zero-order chi connectivity index (χ0) is 92.1. The predicted molar refractivity (Wildman–Crippen MR) is 515 cm³/mol. The fourth-order valence-corrected chi connectivity index (χ4v) is 21.0. The Labute approximate surface area is 767 Å². The third-order valence-electron chi connectivity index (χ3n) is 29.1. The molecule has 0 bridgehead atoms. The van der Waals surface area contributed by atoms with Crippen LogP contribution in [0.1, 0.15) is 284 Å². The molecule has 10 fully saturated rings. The minimum Gasteiger partial charge on any atom is -0.379 e. The topological polar surface area (TPSA) is 280 Å². The molecule has 8 saturated carbocycles. The average molecular weight is 1750 g/mol. The summed E-state index contributed by atoms with van der Waals surface area (Å²) >= 11 is 0. The Kier molecular flexibility index (Phi) is 36.7. The van der Waals surface area contributed by atoms with E-state index in [1.165, 1.54) is 40.7 Å². The van der Waals surface area contributed by atoms with Crippen LogP contribution in [0, 0.1) is 34.6 Å². The van der Waals surface area contributed by atoms with Crippen molar-refractivity contribution in [3.63, 3.8) is 0 Å². The number of rotatable bonds is 14. The highest BCUT2D eigenvalue weighted by Gasteiger charge is 2.50. The highest BCUT2D eigenvalue weighted by Crippen LogP contribution is 2.45. The first-order chi connectivity index (χ1) is 62.2. The molecule has 17 nitrogen and oxygen atoms in total. The fraction of sp³-hybridized carbons (Fsp3) is 0.495. The first-order valence-electron chi connectivity index (χ1n) is 48.2. The number of alkyl halides is 1. The molecule has 10 N–H and O–H groups in total. The van der Waals surface area contributed by atoms with Gasteiger partial charge >= 0.3 is 0 Å². The van der Waals surface area contributed by atoms with Gasteiger partial charge in [-0.05, 0) is 201 Å². The number of carbonyl (C=O) groups excluding carboxylic acids is 8. The quantitative estimate of drug-likeness (QED) is 0.0590. The Morgan fingerprint density at radius 3 is 0.992 bits per heavy atom. The van der Waals surface area contributed by atoms with Crippen LogP contribution >= 0.6 is 0 Å². The highest BCUT2D eigenvalue weighted by molar-refractivity contribution is 5.95. The number of nitrogens with two attached hydrogens (primary N) is 4. The number of likely N-dealkylation sites (N-methyl/N-ethyl adjacent to an activating group) is 1. The van der Waals surface area contributed by atoms with E-state index >= 15 is 0 Å². The van der Waals surface area contributed by atoms with Gasteiger partial charge in [0.25, 0.3) is 0 Å². The number of nitrogens with one attached hydrogen (secondary N) is 2. The molecule has 18 rings (SSSR count). The Hall–Kier alpha value is -9.31. The minimum atomic E-state index is -0.719. The van der Waals surface area contributed by atoms with Gasteiger partial charge in [0, 0.05) is 84.1 Å². The summed E-state index contributed by atoms with van der Waals surface area (Å²) in [5.41, 5.74) is 34.7. The van der Waals surface area contributed by atoms with E-state index in [1.54, 1.807) is 0 Å². The van der Waals surface area contributed by atoms with Crippen molar-refractivity contribution in [2.75, 3.05) is 59.7 Å². The Balaban J connectivity index is 0.000000143. The maximum Gasteiger partial charge on any atom is 0.157 e. The lowest BCUT2D eigenvalue weighted by molar-refractivity contribution is -0.139. The monoisotopic (exact) mass is 1750 g/mol. The molecule has 0 amide bonds. The SMILES string of the molecule is CNC1(c2ccc(C)cc2)CCCCC1=O.Cc1ccc(C2(N)CCCCC2=O)cc1.Cc1ccc(C2(N)CCCCC2=O)cc1.Cc1cccc(C2(N)CCCCC2=O)c1.Cc1ccccc1C1(N)CCCCC1=O.O=C1CCCCC1(NCCF)c1ccccc1.O=C1CCCCC1(c1ccccc1)N1CCC1.O=C1CCCCC1(c1ccccc1)N1CCOCC1. The number of ketones is 8. The van der Waals surface area contributed by atoms with Crippen molar-refractivity contribution >= 4 is 46.3 Å². The smallest absolute Gasteiger partial charge is 0.157 e. The van der Waals surface area contributed by atoms with Crippen LogP contribution in [0.5, 0.6) is 0 Å². The van der Waals surface area contributed by atoms with Gasteiger partial charge in [-0.25, -0.2) is 4.39 Å². The van der Waals surface area contributed by atoms with Crippen molar-refractivity contribution in [1.82, 2.24) is 20.4 Å². The number of hydrogen-bond donors (Lipinski definition) is 6. The Morgan fingerprint density at radius 2 is 0.628 bits per heavy atom. The summed E-state index contributed by atoms with van der Waals surface area (Å²) < 4.78 is 17.8. The van der Waals surface area contributed by atoms with Crippen LogP contribution < -0.4 is 33.6 Å². The van der Waals surface area contributed by atoms with Crippen LogP contribution in [0.4, 0.5) is 4.39 Å². The second-order valence-corrected chi connectivity index (χ2v) is 37.6. The molecule has 8 atom stereocenters. The summed E-state index contributed by atoms with van der Waals surface area (Å²) in [4.78, 5) is 102. The van der Waals surface area contributed by atoms with E-state index in [1.807, 2.05) is 186 Å². The zero-order valence-electron chi connectivity index (χ0n) is 78.0. The molecule has 129 heavy (non-hydrogen) atoms. The van der Waals surface area contributed by atoms with Crippen molar-refractivity contribution in [1.29, 1.82) is 0 Å². The molecule has 0 aromatic heterocycles. The Morgan fingerprint density at radius 1 is 0.302 bits per heavy atom. The van der Waals surface area contributed by atoms with E-state index in [4.69, 9.17) is 27.7 Å². The zero-order valence-corrected chi connectivity index (χ0v) is 78.0. The van der Waals surface area contributed by atoms with E-state index in [0.717, 1.165) is 238 Å². The number of hydrogen-bond acceptors (Lipinski definition) is 17. The third-order valence-corrected chi connectivity index (χ3v) is 29.1. The molecule has 8 aliphatic carbocycles. The van der Waals surface area contributed by atoms with Crippen molar-refractivity contribution in [3.8, 4) is 0 Å². The number of aryl methyl sites for hydroxylation is 5. The lowest BCUT2D eigenvalue weighted by Crippen LogP contribution is -2.58. The van der Waals surface area contributed by atoms with Gasteiger partial charge in [0.15, 0.2) is 46.3 Å². The summed E-state index contributed by atoms with van der Waals surface area (Å²) in [6.07, 6.45) is 30.0. The number of likely N-dealkylation sites (tertiary alicyclic amines) is 1. The lowest BCUT2D eigenvalue weighted by atomic mass is 9.73. The van der Waals surface area contributed by atoms with E-state index in [9.17, 15) is 42.7 Å². The van der Waals surface area contributed by atoms with E-state index < -0.39 is 39.9 Å². The number of nitrogens with zero attached hydrogens (tertiary/aromatic N) is 2. The fourth-order valence-electron chi connectivity index (χ4n) is 21.0. The molecule has 2 saturated heterocycles. The van der Waals surface area contributed by atoms with Gasteiger partial charge in [0.05, 0.1) is 13.2 Å². The molecule has 690 valence electrons. The highest BCUT2D eigenvalue weighted by atomic mass is 19.1.